The average molecular weight is 432 g/mol. The number of amides is 2. The van der Waals surface area contributed by atoms with Crippen molar-refractivity contribution in [2.24, 2.45) is 17.8 Å². The third-order valence-corrected chi connectivity index (χ3v) is 7.05. The van der Waals surface area contributed by atoms with Crippen molar-refractivity contribution in [3.63, 3.8) is 0 Å². The maximum Gasteiger partial charge on any atom is 0.414 e. The number of alkyl carbamates (subject to hydrolysis) is 1. The molecule has 2 amide bonds. The number of hydrogen-bond donors (Lipinski definition) is 1. The minimum Gasteiger partial charge on any atom is -0.443 e. The van der Waals surface area contributed by atoms with Crippen LogP contribution in [0.4, 0.5) is 4.79 Å². The first kappa shape index (κ1) is 22.8. The number of hydrogen-bond acceptors (Lipinski definition) is 6. The fourth-order valence-electron chi connectivity index (χ4n) is 5.17. The van der Waals surface area contributed by atoms with Gasteiger partial charge in [0.15, 0.2) is 0 Å². The minimum atomic E-state index is -0.786. The second-order valence-corrected chi connectivity index (χ2v) is 9.48. The van der Waals surface area contributed by atoms with E-state index in [1.807, 2.05) is 0 Å². The van der Waals surface area contributed by atoms with Crippen LogP contribution in [0.25, 0.3) is 0 Å². The van der Waals surface area contributed by atoms with E-state index in [4.69, 9.17) is 30.5 Å². The van der Waals surface area contributed by atoms with Crippen LogP contribution in [-0.2, 0) is 23.7 Å². The lowest BCUT2D eigenvalue weighted by Gasteiger charge is -2.46. The molecule has 2 saturated heterocycles. The standard InChI is InChI=1S/C21H34ClNO6/c1-6-13-9-21(11-27-21)18(20(4)14(29-20)8-7-12(2)3)17(26-5)16(13)28-19(25)23-15(24)10-22/h12-14,16-18H,6-11H2,1-5H3,(H,23,24,25)/t13-,14-,16-,17-,18-,20+,21+/m1/s1. The van der Waals surface area contributed by atoms with Crippen LogP contribution in [0, 0.1) is 17.8 Å². The molecule has 166 valence electrons. The summed E-state index contributed by atoms with van der Waals surface area (Å²) in [5.41, 5.74) is -0.653. The lowest BCUT2D eigenvalue weighted by molar-refractivity contribution is -0.143. The molecule has 1 spiro atoms. The average Bonchev–Trinajstić information content (AvgIpc) is 3.58. The maximum atomic E-state index is 12.3. The van der Waals surface area contributed by atoms with E-state index < -0.39 is 18.1 Å². The first-order valence-corrected chi connectivity index (χ1v) is 11.1. The molecule has 8 heteroatoms. The Bertz CT molecular complexity index is 624. The van der Waals surface area contributed by atoms with Crippen molar-refractivity contribution in [1.29, 1.82) is 0 Å². The number of carbonyl (C=O) groups excluding carboxylic acids is 2. The molecule has 2 heterocycles. The molecule has 0 aromatic rings. The van der Waals surface area contributed by atoms with Gasteiger partial charge in [-0.3, -0.25) is 10.1 Å². The zero-order valence-corrected chi connectivity index (χ0v) is 18.8. The van der Waals surface area contributed by atoms with Crippen molar-refractivity contribution in [3.8, 4) is 0 Å². The van der Waals surface area contributed by atoms with Gasteiger partial charge >= 0.3 is 6.09 Å². The number of carbonyl (C=O) groups is 2. The molecule has 0 aromatic carbocycles. The SMILES string of the molecule is CC[C@@H]1C[C@]2(CO2)[C@@H]([C@@]2(C)O[C@@H]2CCC(C)C)[C@H](OC)[C@@H]1OC(=O)NC(=O)CCl. The number of nitrogens with one attached hydrogen (secondary N) is 1. The molecule has 1 saturated carbocycles. The van der Waals surface area contributed by atoms with Gasteiger partial charge in [0.25, 0.3) is 0 Å². The van der Waals surface area contributed by atoms with Crippen molar-refractivity contribution in [2.45, 2.75) is 82.9 Å². The third-order valence-electron chi connectivity index (χ3n) is 6.81. The Kier molecular flexibility index (Phi) is 6.83. The van der Waals surface area contributed by atoms with Crippen molar-refractivity contribution in [1.82, 2.24) is 5.32 Å². The largest absolute Gasteiger partial charge is 0.443 e. The summed E-state index contributed by atoms with van der Waals surface area (Å²) in [4.78, 5) is 23.7. The number of ether oxygens (including phenoxy) is 4. The van der Waals surface area contributed by atoms with Gasteiger partial charge in [-0.1, -0.05) is 20.8 Å². The van der Waals surface area contributed by atoms with Crippen LogP contribution in [0.5, 0.6) is 0 Å². The maximum absolute atomic E-state index is 12.3. The van der Waals surface area contributed by atoms with Gasteiger partial charge in [-0.15, -0.1) is 11.6 Å². The van der Waals surface area contributed by atoms with Gasteiger partial charge in [-0.05, 0) is 38.5 Å². The Morgan fingerprint density at radius 2 is 2.00 bits per heavy atom. The highest BCUT2D eigenvalue weighted by atomic mass is 35.5. The van der Waals surface area contributed by atoms with E-state index in [-0.39, 0.29) is 41.1 Å². The zero-order chi connectivity index (χ0) is 21.4. The molecule has 1 aliphatic carbocycles. The highest BCUT2D eigenvalue weighted by Crippen LogP contribution is 2.61. The number of epoxide rings is 2. The van der Waals surface area contributed by atoms with Crippen LogP contribution in [0.15, 0.2) is 0 Å². The molecule has 1 N–H and O–H groups in total. The second kappa shape index (κ2) is 8.69. The van der Waals surface area contributed by atoms with E-state index in [1.54, 1.807) is 7.11 Å². The first-order valence-electron chi connectivity index (χ1n) is 10.6. The number of rotatable bonds is 8. The van der Waals surface area contributed by atoms with Gasteiger partial charge < -0.3 is 18.9 Å². The first-order chi connectivity index (χ1) is 13.7. The Morgan fingerprint density at radius 1 is 1.31 bits per heavy atom. The summed E-state index contributed by atoms with van der Waals surface area (Å²) < 4.78 is 23.9. The molecular weight excluding hydrogens is 398 g/mol. The highest BCUT2D eigenvalue weighted by Gasteiger charge is 2.73. The van der Waals surface area contributed by atoms with Crippen LogP contribution in [0.1, 0.15) is 53.4 Å². The van der Waals surface area contributed by atoms with Gasteiger partial charge in [0.1, 0.15) is 29.3 Å². The number of alkyl halides is 1. The third kappa shape index (κ3) is 4.58. The number of imide groups is 1. The van der Waals surface area contributed by atoms with Gasteiger partial charge in [0.05, 0.1) is 18.6 Å². The Hall–Kier alpha value is -0.890. The Morgan fingerprint density at radius 3 is 2.52 bits per heavy atom. The molecule has 0 aromatic heterocycles. The summed E-state index contributed by atoms with van der Waals surface area (Å²) in [6.45, 7) is 9.28. The molecule has 0 bridgehead atoms. The van der Waals surface area contributed by atoms with Crippen LogP contribution in [0.2, 0.25) is 0 Å². The van der Waals surface area contributed by atoms with Gasteiger partial charge in [0.2, 0.25) is 5.91 Å². The number of halogens is 1. The van der Waals surface area contributed by atoms with E-state index in [0.29, 0.717) is 12.5 Å². The lowest BCUT2D eigenvalue weighted by Crippen LogP contribution is -2.59. The van der Waals surface area contributed by atoms with E-state index in [9.17, 15) is 9.59 Å². The fourth-order valence-corrected chi connectivity index (χ4v) is 5.24. The zero-order valence-electron chi connectivity index (χ0n) is 18.0. The predicted molar refractivity (Wildman–Crippen MR) is 108 cm³/mol. The van der Waals surface area contributed by atoms with E-state index in [2.05, 4.69) is 33.0 Å². The molecule has 3 fully saturated rings. The summed E-state index contributed by atoms with van der Waals surface area (Å²) in [6.07, 6.45) is 2.19. The van der Waals surface area contributed by atoms with E-state index >= 15 is 0 Å². The fraction of sp³-hybridized carbons (Fsp3) is 0.905. The molecular formula is C21H34ClNO6. The molecule has 3 aliphatic rings. The smallest absolute Gasteiger partial charge is 0.414 e. The Labute approximate surface area is 178 Å². The topological polar surface area (TPSA) is 89.7 Å². The summed E-state index contributed by atoms with van der Waals surface area (Å²) in [6, 6.07) is 0. The van der Waals surface area contributed by atoms with Crippen LogP contribution >= 0.6 is 11.6 Å². The normalized spacial score (nSPS) is 40.7. The monoisotopic (exact) mass is 431 g/mol. The Balaban J connectivity index is 1.79. The van der Waals surface area contributed by atoms with Crippen molar-refractivity contribution in [3.05, 3.63) is 0 Å². The van der Waals surface area contributed by atoms with Gasteiger partial charge in [-0.2, -0.15) is 0 Å². The molecule has 7 nitrogen and oxygen atoms in total. The molecule has 0 radical (unpaired) electrons. The van der Waals surface area contributed by atoms with Gasteiger partial charge in [0, 0.05) is 13.0 Å². The highest BCUT2D eigenvalue weighted by molar-refractivity contribution is 6.28. The molecule has 29 heavy (non-hydrogen) atoms. The summed E-state index contributed by atoms with van der Waals surface area (Å²) >= 11 is 5.48. The summed E-state index contributed by atoms with van der Waals surface area (Å²) in [5, 5.41) is 2.16. The summed E-state index contributed by atoms with van der Waals surface area (Å²) in [7, 11) is 1.64. The molecule has 2 aliphatic heterocycles. The van der Waals surface area contributed by atoms with Gasteiger partial charge in [-0.25, -0.2) is 4.79 Å². The molecule has 0 unspecified atom stereocenters. The van der Waals surface area contributed by atoms with E-state index in [0.717, 1.165) is 25.7 Å². The van der Waals surface area contributed by atoms with Crippen LogP contribution < -0.4 is 5.32 Å². The number of methoxy groups -OCH3 is 1. The summed E-state index contributed by atoms with van der Waals surface area (Å²) in [5.74, 6) is -0.232. The quantitative estimate of drug-likeness (QED) is 0.468. The van der Waals surface area contributed by atoms with E-state index in [1.165, 1.54) is 0 Å². The lowest BCUT2D eigenvalue weighted by atomic mass is 9.64. The molecule has 7 atom stereocenters. The second-order valence-electron chi connectivity index (χ2n) is 9.22. The predicted octanol–water partition coefficient (Wildman–Crippen LogP) is 3.27. The van der Waals surface area contributed by atoms with Crippen LogP contribution in [-0.4, -0.2) is 61.1 Å². The molecule has 3 rings (SSSR count). The van der Waals surface area contributed by atoms with Crippen molar-refractivity contribution >= 4 is 23.6 Å². The van der Waals surface area contributed by atoms with Crippen molar-refractivity contribution in [2.75, 3.05) is 19.6 Å². The van der Waals surface area contributed by atoms with Crippen molar-refractivity contribution < 1.29 is 28.5 Å². The minimum absolute atomic E-state index is 0.0403. The van der Waals surface area contributed by atoms with Crippen LogP contribution in [0.3, 0.4) is 0 Å².